The lowest BCUT2D eigenvalue weighted by Gasteiger charge is -2.09. The van der Waals surface area contributed by atoms with Gasteiger partial charge in [-0.25, -0.2) is 4.98 Å². The molecular formula is C18H15IN4O3. The molecule has 1 N–H and O–H groups in total. The zero-order chi connectivity index (χ0) is 18.5. The maximum Gasteiger partial charge on any atom is 0.373 e. The molecule has 26 heavy (non-hydrogen) atoms. The lowest BCUT2D eigenvalue weighted by molar-refractivity contribution is -0.385. The number of anilines is 2. The molecule has 132 valence electrons. The molecule has 0 aliphatic rings. The number of rotatable bonds is 6. The van der Waals surface area contributed by atoms with E-state index < -0.39 is 4.92 Å². The van der Waals surface area contributed by atoms with E-state index in [0.29, 0.717) is 11.4 Å². The van der Waals surface area contributed by atoms with Gasteiger partial charge in [0.05, 0.1) is 4.92 Å². The van der Waals surface area contributed by atoms with Gasteiger partial charge in [0, 0.05) is 9.26 Å². The van der Waals surface area contributed by atoms with E-state index >= 15 is 0 Å². The van der Waals surface area contributed by atoms with Gasteiger partial charge in [-0.2, -0.15) is 4.98 Å². The summed E-state index contributed by atoms with van der Waals surface area (Å²) in [7, 11) is 0. The Labute approximate surface area is 163 Å². The van der Waals surface area contributed by atoms with Crippen LogP contribution in [-0.4, -0.2) is 14.9 Å². The molecule has 0 amide bonds. The van der Waals surface area contributed by atoms with Crippen molar-refractivity contribution in [1.29, 1.82) is 0 Å². The molecule has 0 fully saturated rings. The average molecular weight is 462 g/mol. The summed E-state index contributed by atoms with van der Waals surface area (Å²) in [5.41, 5.74) is 1.52. The number of aryl methyl sites for hydroxylation is 1. The Bertz CT molecular complexity index is 915. The molecule has 0 bridgehead atoms. The van der Waals surface area contributed by atoms with Crippen molar-refractivity contribution in [3.8, 4) is 11.6 Å². The van der Waals surface area contributed by atoms with Crippen molar-refractivity contribution in [2.75, 3.05) is 5.32 Å². The molecule has 0 saturated heterocycles. The zero-order valence-electron chi connectivity index (χ0n) is 13.8. The normalized spacial score (nSPS) is 10.4. The van der Waals surface area contributed by atoms with Gasteiger partial charge >= 0.3 is 11.6 Å². The third-order valence-corrected chi connectivity index (χ3v) is 4.34. The molecule has 0 spiro atoms. The second-order valence-electron chi connectivity index (χ2n) is 5.36. The Hall–Kier alpha value is -2.75. The number of hydrogen-bond acceptors (Lipinski definition) is 6. The highest BCUT2D eigenvalue weighted by Crippen LogP contribution is 2.35. The van der Waals surface area contributed by atoms with Gasteiger partial charge in [-0.05, 0) is 71.0 Å². The van der Waals surface area contributed by atoms with E-state index in [1.165, 1.54) is 6.33 Å². The fourth-order valence-electron chi connectivity index (χ4n) is 2.27. The third kappa shape index (κ3) is 4.26. The molecule has 0 unspecified atom stereocenters. The van der Waals surface area contributed by atoms with Gasteiger partial charge in [0.15, 0.2) is 0 Å². The van der Waals surface area contributed by atoms with Crippen molar-refractivity contribution in [3.05, 3.63) is 74.1 Å². The summed E-state index contributed by atoms with van der Waals surface area (Å²) in [5, 5.41) is 14.5. The quantitative estimate of drug-likeness (QED) is 0.312. The predicted octanol–water partition coefficient (Wildman–Crippen LogP) is 5.09. The fraction of sp³-hybridized carbons (Fsp3) is 0.111. The van der Waals surface area contributed by atoms with Gasteiger partial charge in [-0.3, -0.25) is 10.1 Å². The number of benzene rings is 2. The van der Waals surface area contributed by atoms with Gasteiger partial charge < -0.3 is 10.1 Å². The molecule has 3 aromatic rings. The standard InChI is InChI=1S/C18H15IN4O3/c1-2-12-3-9-15(10-4-12)26-18-16(23(24)25)17(20-11-21-18)22-14-7-5-13(19)6-8-14/h3-11H,2H2,1H3,(H,20,21,22). The Balaban J connectivity index is 1.92. The van der Waals surface area contributed by atoms with Crippen LogP contribution in [0.1, 0.15) is 12.5 Å². The Kier molecular flexibility index (Phi) is 5.61. The van der Waals surface area contributed by atoms with E-state index in [2.05, 4.69) is 37.9 Å². The van der Waals surface area contributed by atoms with Crippen molar-refractivity contribution in [1.82, 2.24) is 9.97 Å². The summed E-state index contributed by atoms with van der Waals surface area (Å²) in [6.07, 6.45) is 2.13. The zero-order valence-corrected chi connectivity index (χ0v) is 16.0. The molecule has 8 heteroatoms. The monoisotopic (exact) mass is 462 g/mol. The van der Waals surface area contributed by atoms with Crippen molar-refractivity contribution in [2.45, 2.75) is 13.3 Å². The highest BCUT2D eigenvalue weighted by molar-refractivity contribution is 14.1. The van der Waals surface area contributed by atoms with Gasteiger partial charge in [0.25, 0.3) is 0 Å². The molecule has 0 atom stereocenters. The van der Waals surface area contributed by atoms with Crippen LogP contribution in [0, 0.1) is 13.7 Å². The van der Waals surface area contributed by atoms with Crippen LogP contribution in [0.2, 0.25) is 0 Å². The van der Waals surface area contributed by atoms with Crippen LogP contribution in [0.5, 0.6) is 11.6 Å². The summed E-state index contributed by atoms with van der Waals surface area (Å²) >= 11 is 2.19. The van der Waals surface area contributed by atoms with E-state index in [4.69, 9.17) is 4.74 Å². The molecular weight excluding hydrogens is 447 g/mol. The molecule has 2 aromatic carbocycles. The van der Waals surface area contributed by atoms with Crippen molar-refractivity contribution < 1.29 is 9.66 Å². The van der Waals surface area contributed by atoms with Gasteiger partial charge in [-0.1, -0.05) is 19.1 Å². The number of nitro groups is 1. The number of hydrogen-bond donors (Lipinski definition) is 1. The molecule has 0 radical (unpaired) electrons. The predicted molar refractivity (Wildman–Crippen MR) is 107 cm³/mol. The van der Waals surface area contributed by atoms with E-state index in [1.807, 2.05) is 43.3 Å². The lowest BCUT2D eigenvalue weighted by Crippen LogP contribution is -2.03. The number of nitrogens with one attached hydrogen (secondary N) is 1. The highest BCUT2D eigenvalue weighted by Gasteiger charge is 2.25. The summed E-state index contributed by atoms with van der Waals surface area (Å²) in [5.74, 6) is 0.442. The summed E-state index contributed by atoms with van der Waals surface area (Å²) in [6.45, 7) is 2.05. The largest absolute Gasteiger partial charge is 0.434 e. The summed E-state index contributed by atoms with van der Waals surface area (Å²) in [6, 6.07) is 14.8. The van der Waals surface area contributed by atoms with Crippen molar-refractivity contribution >= 4 is 39.8 Å². The maximum atomic E-state index is 11.6. The van der Waals surface area contributed by atoms with Crippen molar-refractivity contribution in [3.63, 3.8) is 0 Å². The number of halogens is 1. The van der Waals surface area contributed by atoms with Crippen LogP contribution in [0.15, 0.2) is 54.9 Å². The van der Waals surface area contributed by atoms with Gasteiger partial charge in [0.1, 0.15) is 12.1 Å². The van der Waals surface area contributed by atoms with Gasteiger partial charge in [-0.15, -0.1) is 0 Å². The maximum absolute atomic E-state index is 11.6. The molecule has 1 aromatic heterocycles. The minimum atomic E-state index is -0.551. The molecule has 0 aliphatic heterocycles. The summed E-state index contributed by atoms with van der Waals surface area (Å²) < 4.78 is 6.69. The smallest absolute Gasteiger partial charge is 0.373 e. The average Bonchev–Trinajstić information content (AvgIpc) is 2.64. The topological polar surface area (TPSA) is 90.2 Å². The first kappa shape index (κ1) is 18.1. The number of aromatic nitrogens is 2. The lowest BCUT2D eigenvalue weighted by atomic mass is 10.2. The number of ether oxygens (including phenoxy) is 1. The Morgan fingerprint density at radius 3 is 2.42 bits per heavy atom. The van der Waals surface area contributed by atoms with E-state index in [9.17, 15) is 10.1 Å². The fourth-order valence-corrected chi connectivity index (χ4v) is 2.63. The Morgan fingerprint density at radius 2 is 1.81 bits per heavy atom. The molecule has 7 nitrogen and oxygen atoms in total. The molecule has 1 heterocycles. The van der Waals surface area contributed by atoms with Crippen LogP contribution in [-0.2, 0) is 6.42 Å². The van der Waals surface area contributed by atoms with Crippen LogP contribution >= 0.6 is 22.6 Å². The highest BCUT2D eigenvalue weighted by atomic mass is 127. The van der Waals surface area contributed by atoms with E-state index in [0.717, 1.165) is 15.6 Å². The van der Waals surface area contributed by atoms with E-state index in [1.54, 1.807) is 12.1 Å². The Morgan fingerprint density at radius 1 is 1.12 bits per heavy atom. The first-order valence-electron chi connectivity index (χ1n) is 7.85. The van der Waals surface area contributed by atoms with Crippen molar-refractivity contribution in [2.24, 2.45) is 0 Å². The first-order valence-corrected chi connectivity index (χ1v) is 8.93. The second kappa shape index (κ2) is 8.09. The SMILES string of the molecule is CCc1ccc(Oc2ncnc(Nc3ccc(I)cc3)c2[N+](=O)[O-])cc1. The van der Waals surface area contributed by atoms with Gasteiger partial charge in [0.2, 0.25) is 5.82 Å². The third-order valence-electron chi connectivity index (χ3n) is 3.62. The number of nitrogens with zero attached hydrogens (tertiary/aromatic N) is 3. The molecule has 3 rings (SSSR count). The second-order valence-corrected chi connectivity index (χ2v) is 6.61. The minimum absolute atomic E-state index is 0.0754. The van der Waals surface area contributed by atoms with Crippen LogP contribution in [0.25, 0.3) is 0 Å². The molecule has 0 aliphatic carbocycles. The van der Waals surface area contributed by atoms with Crippen LogP contribution in [0.3, 0.4) is 0 Å². The van der Waals surface area contributed by atoms with Crippen LogP contribution in [0.4, 0.5) is 17.2 Å². The molecule has 0 saturated carbocycles. The first-order chi connectivity index (χ1) is 12.6. The van der Waals surface area contributed by atoms with Crippen LogP contribution < -0.4 is 10.1 Å². The van der Waals surface area contributed by atoms with E-state index in [-0.39, 0.29) is 17.4 Å². The minimum Gasteiger partial charge on any atom is -0.434 e. The summed E-state index contributed by atoms with van der Waals surface area (Å²) in [4.78, 5) is 19.0.